The maximum Gasteiger partial charge on any atom is 0.196 e. The number of aromatic nitrogens is 4. The van der Waals surface area contributed by atoms with Crippen molar-refractivity contribution in [2.45, 2.75) is 25.9 Å². The van der Waals surface area contributed by atoms with Crippen molar-refractivity contribution in [1.82, 2.24) is 19.7 Å². The van der Waals surface area contributed by atoms with Crippen molar-refractivity contribution in [1.29, 1.82) is 0 Å². The van der Waals surface area contributed by atoms with Crippen LogP contribution in [0.1, 0.15) is 27.0 Å². The lowest BCUT2D eigenvalue weighted by molar-refractivity contribution is 0.102. The number of benzene rings is 2. The molecule has 0 atom stereocenters. The number of rotatable bonds is 6. The van der Waals surface area contributed by atoms with Crippen molar-refractivity contribution in [3.05, 3.63) is 87.2 Å². The molecule has 162 valence electrons. The minimum atomic E-state index is 0.0437. The van der Waals surface area contributed by atoms with E-state index in [0.717, 1.165) is 27.9 Å². The van der Waals surface area contributed by atoms with Crippen LogP contribution in [0.15, 0.2) is 60.0 Å². The monoisotopic (exact) mass is 482 g/mol. The number of ketones is 1. The Kier molecular flexibility index (Phi) is 6.65. The van der Waals surface area contributed by atoms with Crippen LogP contribution < -0.4 is 0 Å². The molecule has 0 saturated carbocycles. The summed E-state index contributed by atoms with van der Waals surface area (Å²) in [6, 6.07) is 13.1. The fourth-order valence-electron chi connectivity index (χ4n) is 3.37. The fourth-order valence-corrected chi connectivity index (χ4v) is 4.50. The van der Waals surface area contributed by atoms with Gasteiger partial charge in [0.2, 0.25) is 0 Å². The summed E-state index contributed by atoms with van der Waals surface area (Å²) in [6.07, 6.45) is 3.42. The molecule has 0 radical (unpaired) electrons. The minimum absolute atomic E-state index is 0.0437. The van der Waals surface area contributed by atoms with Gasteiger partial charge in [0.1, 0.15) is 0 Å². The summed E-state index contributed by atoms with van der Waals surface area (Å²) in [5.74, 6) is 0.881. The van der Waals surface area contributed by atoms with Crippen LogP contribution in [0.2, 0.25) is 10.0 Å². The number of thioether (sulfide) groups is 1. The van der Waals surface area contributed by atoms with E-state index in [1.54, 1.807) is 24.5 Å². The summed E-state index contributed by atoms with van der Waals surface area (Å²) in [5, 5.41) is 10.2. The van der Waals surface area contributed by atoms with Crippen molar-refractivity contribution in [2.24, 2.45) is 0 Å². The number of hydrogen-bond donors (Lipinski definition) is 0. The van der Waals surface area contributed by atoms with Crippen molar-refractivity contribution in [2.75, 3.05) is 5.75 Å². The summed E-state index contributed by atoms with van der Waals surface area (Å²) in [5.41, 5.74) is 5.53. The molecule has 8 heteroatoms. The average Bonchev–Trinajstić information content (AvgIpc) is 3.21. The van der Waals surface area contributed by atoms with Gasteiger partial charge < -0.3 is 0 Å². The summed E-state index contributed by atoms with van der Waals surface area (Å²) < 4.78 is 1.87. The first-order chi connectivity index (χ1) is 15.3. The summed E-state index contributed by atoms with van der Waals surface area (Å²) in [4.78, 5) is 17.2. The van der Waals surface area contributed by atoms with Crippen LogP contribution in [0.4, 0.5) is 0 Å². The average molecular weight is 483 g/mol. The molecule has 0 amide bonds. The lowest BCUT2D eigenvalue weighted by Crippen LogP contribution is -2.07. The van der Waals surface area contributed by atoms with Gasteiger partial charge in [-0.15, -0.1) is 10.2 Å². The Balaban J connectivity index is 1.70. The number of pyridine rings is 1. The summed E-state index contributed by atoms with van der Waals surface area (Å²) >= 11 is 13.7. The van der Waals surface area contributed by atoms with Gasteiger partial charge in [-0.2, -0.15) is 0 Å². The Bertz CT molecular complexity index is 1310. The Morgan fingerprint density at radius 3 is 2.47 bits per heavy atom. The molecular formula is C24H20Cl2N4OS. The van der Waals surface area contributed by atoms with Gasteiger partial charge in [-0.1, -0.05) is 41.0 Å². The van der Waals surface area contributed by atoms with Gasteiger partial charge >= 0.3 is 0 Å². The predicted molar refractivity (Wildman–Crippen MR) is 130 cm³/mol. The zero-order valence-electron chi connectivity index (χ0n) is 17.8. The largest absolute Gasteiger partial charge is 0.293 e. The molecule has 5 nitrogen and oxygen atoms in total. The first kappa shape index (κ1) is 22.5. The Labute approximate surface area is 200 Å². The van der Waals surface area contributed by atoms with E-state index in [9.17, 15) is 4.79 Å². The Morgan fingerprint density at radius 1 is 0.969 bits per heavy atom. The van der Waals surface area contributed by atoms with Gasteiger partial charge in [0.15, 0.2) is 16.8 Å². The third-order valence-corrected chi connectivity index (χ3v) is 6.86. The van der Waals surface area contributed by atoms with Crippen molar-refractivity contribution in [3.63, 3.8) is 0 Å². The Morgan fingerprint density at radius 2 is 1.75 bits per heavy atom. The number of halogens is 2. The minimum Gasteiger partial charge on any atom is -0.293 e. The van der Waals surface area contributed by atoms with E-state index < -0.39 is 0 Å². The second kappa shape index (κ2) is 9.45. The number of hydrogen-bond acceptors (Lipinski definition) is 5. The molecule has 0 aliphatic heterocycles. The van der Waals surface area contributed by atoms with E-state index in [1.807, 2.05) is 55.7 Å². The highest BCUT2D eigenvalue weighted by molar-refractivity contribution is 7.99. The standard InChI is InChI=1S/C24H20Cl2N4OS/c1-14-9-16(3)19(10-15(14)2)22(31)13-32-24-29-28-23(17-5-4-8-27-12-17)30(24)18-6-7-20(25)21(26)11-18/h4-12H,13H2,1-3H3. The lowest BCUT2D eigenvalue weighted by atomic mass is 9.99. The van der Waals surface area contributed by atoms with Crippen LogP contribution in [0.25, 0.3) is 17.1 Å². The molecular weight excluding hydrogens is 463 g/mol. The van der Waals surface area contributed by atoms with Crippen LogP contribution in [0.5, 0.6) is 0 Å². The summed E-state index contributed by atoms with van der Waals surface area (Å²) in [6.45, 7) is 6.02. The third kappa shape index (κ3) is 4.58. The number of aryl methyl sites for hydroxylation is 3. The highest BCUT2D eigenvalue weighted by Gasteiger charge is 2.19. The first-order valence-corrected chi connectivity index (χ1v) is 11.6. The van der Waals surface area contributed by atoms with E-state index in [4.69, 9.17) is 23.2 Å². The number of nitrogens with zero attached hydrogens (tertiary/aromatic N) is 4. The topological polar surface area (TPSA) is 60.7 Å². The molecule has 4 aromatic rings. The molecule has 0 bridgehead atoms. The van der Waals surface area contributed by atoms with Crippen molar-refractivity contribution >= 4 is 40.7 Å². The van der Waals surface area contributed by atoms with Gasteiger partial charge in [-0.3, -0.25) is 14.3 Å². The predicted octanol–water partition coefficient (Wildman–Crippen LogP) is 6.54. The maximum atomic E-state index is 13.0. The Hall–Kier alpha value is -2.67. The highest BCUT2D eigenvalue weighted by Crippen LogP contribution is 2.31. The number of carbonyl (C=O) groups is 1. The second-order valence-corrected chi connectivity index (χ2v) is 9.20. The molecule has 0 fully saturated rings. The lowest BCUT2D eigenvalue weighted by Gasteiger charge is -2.12. The molecule has 0 N–H and O–H groups in total. The van der Waals surface area contributed by atoms with Crippen LogP contribution in [0, 0.1) is 20.8 Å². The normalized spacial score (nSPS) is 11.0. The number of carbonyl (C=O) groups excluding carboxylic acids is 1. The number of Topliss-reactive ketones (excluding diaryl/α,β-unsaturated/α-hetero) is 1. The smallest absolute Gasteiger partial charge is 0.196 e. The van der Waals surface area contributed by atoms with Gasteiger partial charge in [-0.25, -0.2) is 0 Å². The SMILES string of the molecule is Cc1cc(C)c(C(=O)CSc2nnc(-c3cccnc3)n2-c2ccc(Cl)c(Cl)c2)cc1C. The third-order valence-electron chi connectivity index (χ3n) is 5.19. The molecule has 2 heterocycles. The van der Waals surface area contributed by atoms with Crippen molar-refractivity contribution < 1.29 is 4.79 Å². The van der Waals surface area contributed by atoms with Gasteiger partial charge in [0.25, 0.3) is 0 Å². The maximum absolute atomic E-state index is 13.0. The van der Waals surface area contributed by atoms with E-state index in [2.05, 4.69) is 15.2 Å². The van der Waals surface area contributed by atoms with E-state index in [0.29, 0.717) is 21.0 Å². The molecule has 32 heavy (non-hydrogen) atoms. The fraction of sp³-hybridized carbons (Fsp3) is 0.167. The van der Waals surface area contributed by atoms with Crippen LogP contribution in [-0.4, -0.2) is 31.3 Å². The molecule has 0 unspecified atom stereocenters. The second-order valence-electron chi connectivity index (χ2n) is 7.44. The first-order valence-electron chi connectivity index (χ1n) is 9.90. The molecule has 0 aliphatic carbocycles. The van der Waals surface area contributed by atoms with Gasteiger partial charge in [0, 0.05) is 23.5 Å². The zero-order chi connectivity index (χ0) is 22.8. The van der Waals surface area contributed by atoms with Crippen LogP contribution in [0.3, 0.4) is 0 Å². The van der Waals surface area contributed by atoms with Gasteiger partial charge in [0.05, 0.1) is 21.5 Å². The molecule has 0 aliphatic rings. The van der Waals surface area contributed by atoms with E-state index in [-0.39, 0.29) is 11.5 Å². The summed E-state index contributed by atoms with van der Waals surface area (Å²) in [7, 11) is 0. The van der Waals surface area contributed by atoms with Crippen LogP contribution in [-0.2, 0) is 0 Å². The van der Waals surface area contributed by atoms with E-state index >= 15 is 0 Å². The zero-order valence-corrected chi connectivity index (χ0v) is 20.1. The molecule has 2 aromatic heterocycles. The van der Waals surface area contributed by atoms with Gasteiger partial charge in [-0.05, 0) is 73.9 Å². The van der Waals surface area contributed by atoms with E-state index in [1.165, 1.54) is 17.3 Å². The molecule has 0 saturated heterocycles. The van der Waals surface area contributed by atoms with Crippen molar-refractivity contribution in [3.8, 4) is 17.1 Å². The van der Waals surface area contributed by atoms with Crippen LogP contribution >= 0.6 is 35.0 Å². The molecule has 0 spiro atoms. The molecule has 2 aromatic carbocycles. The highest BCUT2D eigenvalue weighted by atomic mass is 35.5. The molecule has 4 rings (SSSR count). The quantitative estimate of drug-likeness (QED) is 0.230.